The Balaban J connectivity index is 2.29. The molecule has 19 heavy (non-hydrogen) atoms. The van der Waals surface area contributed by atoms with Crippen molar-refractivity contribution in [2.24, 2.45) is 0 Å². The molecular weight excluding hydrogens is 286 g/mol. The van der Waals surface area contributed by atoms with Crippen molar-refractivity contribution in [3.05, 3.63) is 39.3 Å². The number of nitrogen functional groups attached to an aromatic ring is 1. The van der Waals surface area contributed by atoms with Gasteiger partial charge in [-0.25, -0.2) is 9.78 Å². The molecule has 1 aromatic carbocycles. The van der Waals surface area contributed by atoms with Crippen LogP contribution in [0.5, 0.6) is 0 Å². The summed E-state index contributed by atoms with van der Waals surface area (Å²) in [6.07, 6.45) is 1.72. The van der Waals surface area contributed by atoms with E-state index >= 15 is 0 Å². The molecular formula is C12H12ClN3O2S. The van der Waals surface area contributed by atoms with Gasteiger partial charge in [0.2, 0.25) is 0 Å². The second-order valence-corrected chi connectivity index (χ2v) is 5.08. The summed E-state index contributed by atoms with van der Waals surface area (Å²) < 4.78 is 4.72. The molecule has 2 rings (SSSR count). The molecule has 3 N–H and O–H groups in total. The topological polar surface area (TPSA) is 77.2 Å². The van der Waals surface area contributed by atoms with Gasteiger partial charge in [0.05, 0.1) is 29.9 Å². The number of esters is 1. The van der Waals surface area contributed by atoms with Crippen molar-refractivity contribution in [3.8, 4) is 0 Å². The van der Waals surface area contributed by atoms with Gasteiger partial charge in [0.15, 0.2) is 0 Å². The van der Waals surface area contributed by atoms with Crippen LogP contribution in [-0.2, 0) is 11.3 Å². The highest BCUT2D eigenvalue weighted by Gasteiger charge is 2.16. The van der Waals surface area contributed by atoms with Crippen LogP contribution >= 0.6 is 22.9 Å². The number of carbonyl (C=O) groups is 1. The van der Waals surface area contributed by atoms with Crippen LogP contribution in [0.2, 0.25) is 5.02 Å². The Kier molecular flexibility index (Phi) is 4.24. The lowest BCUT2D eigenvalue weighted by molar-refractivity contribution is 0.0602. The predicted octanol–water partition coefficient (Wildman–Crippen LogP) is 2.78. The van der Waals surface area contributed by atoms with Crippen molar-refractivity contribution in [2.75, 3.05) is 18.2 Å². The zero-order chi connectivity index (χ0) is 13.8. The number of benzene rings is 1. The summed E-state index contributed by atoms with van der Waals surface area (Å²) in [7, 11) is 1.31. The van der Waals surface area contributed by atoms with Crippen LogP contribution in [-0.4, -0.2) is 18.1 Å². The Labute approximate surface area is 119 Å². The van der Waals surface area contributed by atoms with E-state index in [2.05, 4.69) is 10.3 Å². The molecule has 100 valence electrons. The largest absolute Gasteiger partial charge is 0.465 e. The SMILES string of the molecule is COC(=O)c1cc(N)cc(Cl)c1NCc1nccs1. The summed E-state index contributed by atoms with van der Waals surface area (Å²) in [6.45, 7) is 0.477. The Morgan fingerprint density at radius 2 is 2.37 bits per heavy atom. The molecule has 0 aliphatic heterocycles. The molecule has 2 aromatic rings. The molecule has 0 bridgehead atoms. The number of rotatable bonds is 4. The first-order valence-corrected chi connectivity index (χ1v) is 6.67. The lowest BCUT2D eigenvalue weighted by Crippen LogP contribution is -2.09. The number of nitrogens with two attached hydrogens (primary N) is 1. The minimum Gasteiger partial charge on any atom is -0.465 e. The molecule has 1 heterocycles. The highest BCUT2D eigenvalue weighted by Crippen LogP contribution is 2.30. The van der Waals surface area contributed by atoms with Gasteiger partial charge < -0.3 is 15.8 Å². The fourth-order valence-electron chi connectivity index (χ4n) is 1.58. The van der Waals surface area contributed by atoms with Gasteiger partial charge in [-0.3, -0.25) is 0 Å². The second-order valence-electron chi connectivity index (χ2n) is 3.70. The van der Waals surface area contributed by atoms with Gasteiger partial charge in [-0.2, -0.15) is 0 Å². The van der Waals surface area contributed by atoms with Crippen molar-refractivity contribution < 1.29 is 9.53 Å². The average molecular weight is 298 g/mol. The first-order chi connectivity index (χ1) is 9.11. The van der Waals surface area contributed by atoms with E-state index in [1.807, 2.05) is 5.38 Å². The summed E-state index contributed by atoms with van der Waals surface area (Å²) in [5.41, 5.74) is 6.90. The molecule has 1 aromatic heterocycles. The normalized spacial score (nSPS) is 10.2. The monoisotopic (exact) mass is 297 g/mol. The van der Waals surface area contributed by atoms with Crippen molar-refractivity contribution >= 4 is 40.3 Å². The van der Waals surface area contributed by atoms with E-state index < -0.39 is 5.97 Å². The summed E-state index contributed by atoms with van der Waals surface area (Å²) >= 11 is 7.62. The standard InChI is InChI=1S/C12H12ClN3O2S/c1-18-12(17)8-4-7(14)5-9(13)11(8)16-6-10-15-2-3-19-10/h2-5,16H,6,14H2,1H3. The molecule has 0 aliphatic rings. The van der Waals surface area contributed by atoms with Gasteiger partial charge >= 0.3 is 5.97 Å². The van der Waals surface area contributed by atoms with Crippen LogP contribution in [0, 0.1) is 0 Å². The summed E-state index contributed by atoms with van der Waals surface area (Å²) in [4.78, 5) is 15.9. The first-order valence-electron chi connectivity index (χ1n) is 5.41. The lowest BCUT2D eigenvalue weighted by Gasteiger charge is -2.12. The number of carbonyl (C=O) groups excluding carboxylic acids is 1. The smallest absolute Gasteiger partial charge is 0.340 e. The minimum absolute atomic E-state index is 0.309. The molecule has 0 radical (unpaired) electrons. The third-order valence-electron chi connectivity index (χ3n) is 2.42. The zero-order valence-electron chi connectivity index (χ0n) is 10.1. The van der Waals surface area contributed by atoms with Crippen molar-refractivity contribution in [2.45, 2.75) is 6.54 Å². The Morgan fingerprint density at radius 3 is 3.00 bits per heavy atom. The van der Waals surface area contributed by atoms with Crippen LogP contribution in [0.15, 0.2) is 23.7 Å². The number of hydrogen-bond acceptors (Lipinski definition) is 6. The van der Waals surface area contributed by atoms with Gasteiger partial charge in [-0.1, -0.05) is 11.6 Å². The number of hydrogen-bond donors (Lipinski definition) is 2. The Morgan fingerprint density at radius 1 is 1.58 bits per heavy atom. The fraction of sp³-hybridized carbons (Fsp3) is 0.167. The van der Waals surface area contributed by atoms with E-state index in [0.717, 1.165) is 5.01 Å². The van der Waals surface area contributed by atoms with Crippen LogP contribution < -0.4 is 11.1 Å². The Hall–Kier alpha value is -1.79. The van der Waals surface area contributed by atoms with Gasteiger partial charge in [0, 0.05) is 17.3 Å². The molecule has 0 saturated carbocycles. The van der Waals surface area contributed by atoms with E-state index in [4.69, 9.17) is 22.1 Å². The quantitative estimate of drug-likeness (QED) is 0.670. The van der Waals surface area contributed by atoms with Gasteiger partial charge in [0.1, 0.15) is 5.01 Å². The van der Waals surface area contributed by atoms with E-state index in [1.54, 1.807) is 12.3 Å². The number of halogens is 1. The molecule has 0 aliphatic carbocycles. The molecule has 0 spiro atoms. The third kappa shape index (κ3) is 3.15. The van der Waals surface area contributed by atoms with Crippen LogP contribution in [0.4, 0.5) is 11.4 Å². The van der Waals surface area contributed by atoms with E-state index in [0.29, 0.717) is 28.5 Å². The minimum atomic E-state index is -0.490. The highest BCUT2D eigenvalue weighted by molar-refractivity contribution is 7.09. The number of thiazole rings is 1. The number of nitrogens with one attached hydrogen (secondary N) is 1. The number of ether oxygens (including phenoxy) is 1. The van der Waals surface area contributed by atoms with Crippen molar-refractivity contribution in [1.29, 1.82) is 0 Å². The maximum absolute atomic E-state index is 11.7. The molecule has 0 saturated heterocycles. The van der Waals surface area contributed by atoms with Crippen LogP contribution in [0.3, 0.4) is 0 Å². The lowest BCUT2D eigenvalue weighted by atomic mass is 10.1. The molecule has 7 heteroatoms. The summed E-state index contributed by atoms with van der Waals surface area (Å²) in [5, 5.41) is 6.23. The van der Waals surface area contributed by atoms with Crippen molar-refractivity contribution in [1.82, 2.24) is 4.98 Å². The summed E-state index contributed by atoms with van der Waals surface area (Å²) in [6, 6.07) is 3.11. The number of aromatic nitrogens is 1. The van der Waals surface area contributed by atoms with Gasteiger partial charge in [-0.05, 0) is 12.1 Å². The molecule has 0 unspecified atom stereocenters. The average Bonchev–Trinajstić information content (AvgIpc) is 2.89. The molecule has 0 atom stereocenters. The molecule has 0 fully saturated rings. The number of anilines is 2. The van der Waals surface area contributed by atoms with E-state index in [1.165, 1.54) is 24.5 Å². The van der Waals surface area contributed by atoms with E-state index in [9.17, 15) is 4.79 Å². The predicted molar refractivity (Wildman–Crippen MR) is 76.6 cm³/mol. The maximum atomic E-state index is 11.7. The van der Waals surface area contributed by atoms with Crippen molar-refractivity contribution in [3.63, 3.8) is 0 Å². The van der Waals surface area contributed by atoms with Gasteiger partial charge in [-0.15, -0.1) is 11.3 Å². The van der Waals surface area contributed by atoms with Crippen LogP contribution in [0.25, 0.3) is 0 Å². The zero-order valence-corrected chi connectivity index (χ0v) is 11.7. The molecule has 5 nitrogen and oxygen atoms in total. The van der Waals surface area contributed by atoms with Crippen LogP contribution in [0.1, 0.15) is 15.4 Å². The fourth-order valence-corrected chi connectivity index (χ4v) is 2.43. The van der Waals surface area contributed by atoms with Gasteiger partial charge in [0.25, 0.3) is 0 Å². The number of nitrogens with zero attached hydrogens (tertiary/aromatic N) is 1. The Bertz CT molecular complexity index is 587. The summed E-state index contributed by atoms with van der Waals surface area (Å²) in [5.74, 6) is -0.490. The maximum Gasteiger partial charge on any atom is 0.340 e. The first kappa shape index (κ1) is 13.6. The van der Waals surface area contributed by atoms with E-state index in [-0.39, 0.29) is 0 Å². The third-order valence-corrected chi connectivity index (χ3v) is 3.50. The number of methoxy groups -OCH3 is 1. The second kappa shape index (κ2) is 5.90. The highest BCUT2D eigenvalue weighted by atomic mass is 35.5. The molecule has 0 amide bonds.